The van der Waals surface area contributed by atoms with Crippen LogP contribution in [0.4, 0.5) is 5.69 Å². The van der Waals surface area contributed by atoms with E-state index in [9.17, 15) is 5.11 Å². The molecule has 7 nitrogen and oxygen atoms in total. The average Bonchev–Trinajstić information content (AvgIpc) is 3.37. The maximum absolute atomic E-state index is 9.79. The molecule has 37 heavy (non-hydrogen) atoms. The molecule has 0 fully saturated rings. The van der Waals surface area contributed by atoms with Gasteiger partial charge in [-0.05, 0) is 55.0 Å². The molecule has 0 bridgehead atoms. The van der Waals surface area contributed by atoms with Crippen LogP contribution in [0.2, 0.25) is 0 Å². The number of aliphatic hydroxyl groups is 1. The molecule has 0 saturated heterocycles. The fraction of sp³-hybridized carbons (Fsp3) is 0.310. The Kier molecular flexibility index (Phi) is 10.6. The maximum atomic E-state index is 9.79. The summed E-state index contributed by atoms with van der Waals surface area (Å²) in [5, 5.41) is 16.2. The number of halogens is 1. The SMILES string of the molecule is C#CN(/C=C\CC(=C)NC(CO)C1=CC=CC(Cl)C1)C/C(C)=C\N=C(N=C)Nc1ccc2c(c1)CCO2. The standard InChI is InChI=1S/C29H34ClN5O2/c1-5-35(14-7-8-22(3)33-27(20-36)23-9-6-10-25(30)16-23)19-21(2)18-32-29(31-4)34-26-11-12-28-24(17-26)13-15-37-28/h1,6-7,9-12,14,17-18,25,27,33,36H,3-4,8,13,15-16,19-20H2,2H3,(H,32,34)/b14-7-,21-18-. The predicted octanol–water partition coefficient (Wildman–Crippen LogP) is 4.75. The van der Waals surface area contributed by atoms with Crippen LogP contribution < -0.4 is 15.4 Å². The van der Waals surface area contributed by atoms with Crippen molar-refractivity contribution in [3.05, 3.63) is 83.9 Å². The van der Waals surface area contributed by atoms with Crippen LogP contribution in [-0.2, 0) is 6.42 Å². The second-order valence-corrected chi connectivity index (χ2v) is 9.37. The van der Waals surface area contributed by atoms with Crippen molar-refractivity contribution in [1.82, 2.24) is 10.2 Å². The average molecular weight is 520 g/mol. The number of hydrogen-bond acceptors (Lipinski definition) is 5. The van der Waals surface area contributed by atoms with Gasteiger partial charge in [-0.15, -0.1) is 11.6 Å². The quantitative estimate of drug-likeness (QED) is 0.129. The lowest BCUT2D eigenvalue weighted by Gasteiger charge is -2.24. The van der Waals surface area contributed by atoms with Crippen molar-refractivity contribution in [2.75, 3.05) is 25.1 Å². The molecule has 2 atom stereocenters. The minimum atomic E-state index is -0.217. The van der Waals surface area contributed by atoms with E-state index >= 15 is 0 Å². The highest BCUT2D eigenvalue weighted by Gasteiger charge is 2.18. The van der Waals surface area contributed by atoms with Gasteiger partial charge in [0.15, 0.2) is 0 Å². The van der Waals surface area contributed by atoms with Gasteiger partial charge in [0.2, 0.25) is 5.96 Å². The van der Waals surface area contributed by atoms with Crippen molar-refractivity contribution in [2.24, 2.45) is 9.98 Å². The Balaban J connectivity index is 1.50. The molecule has 3 N–H and O–H groups in total. The zero-order chi connectivity index (χ0) is 26.6. The van der Waals surface area contributed by atoms with Crippen LogP contribution in [0.15, 0.2) is 88.3 Å². The second-order valence-electron chi connectivity index (χ2n) is 8.81. The molecule has 0 amide bonds. The van der Waals surface area contributed by atoms with Gasteiger partial charge < -0.3 is 25.4 Å². The molecule has 1 heterocycles. The maximum Gasteiger partial charge on any atom is 0.226 e. The van der Waals surface area contributed by atoms with Crippen LogP contribution in [-0.4, -0.2) is 53.9 Å². The molecule has 2 unspecified atom stereocenters. The lowest BCUT2D eigenvalue weighted by molar-refractivity contribution is 0.263. The number of benzene rings is 1. The van der Waals surface area contributed by atoms with Gasteiger partial charge in [-0.2, -0.15) is 0 Å². The predicted molar refractivity (Wildman–Crippen MR) is 154 cm³/mol. The van der Waals surface area contributed by atoms with Gasteiger partial charge in [0.1, 0.15) is 5.75 Å². The number of aliphatic hydroxyl groups excluding tert-OH is 1. The fourth-order valence-corrected chi connectivity index (χ4v) is 4.19. The molecule has 1 aromatic carbocycles. The van der Waals surface area contributed by atoms with Crippen LogP contribution in [0.25, 0.3) is 0 Å². The molecule has 0 saturated carbocycles. The number of anilines is 1. The van der Waals surface area contributed by atoms with Gasteiger partial charge in [-0.1, -0.05) is 37.3 Å². The summed E-state index contributed by atoms with van der Waals surface area (Å²) in [5.41, 5.74) is 4.81. The third kappa shape index (κ3) is 8.71. The molecule has 1 aliphatic carbocycles. The second kappa shape index (κ2) is 14.1. The first-order valence-electron chi connectivity index (χ1n) is 12.1. The molecule has 1 aromatic rings. The molecular formula is C29H34ClN5O2. The zero-order valence-corrected chi connectivity index (χ0v) is 21.9. The summed E-state index contributed by atoms with van der Waals surface area (Å²) in [4.78, 5) is 10.1. The Morgan fingerprint density at radius 2 is 2.30 bits per heavy atom. The first kappa shape index (κ1) is 27.9. The largest absolute Gasteiger partial charge is 0.493 e. The number of terminal acetylenes is 1. The van der Waals surface area contributed by atoms with Gasteiger partial charge in [0.25, 0.3) is 0 Å². The number of fused-ring (bicyclic) bond motifs is 1. The third-order valence-corrected chi connectivity index (χ3v) is 6.11. The lowest BCUT2D eigenvalue weighted by atomic mass is 9.97. The number of rotatable bonds is 11. The summed E-state index contributed by atoms with van der Waals surface area (Å²) in [6.07, 6.45) is 19.1. The highest BCUT2D eigenvalue weighted by molar-refractivity contribution is 6.22. The third-order valence-electron chi connectivity index (χ3n) is 5.81. The van der Waals surface area contributed by atoms with E-state index in [4.69, 9.17) is 22.8 Å². The summed E-state index contributed by atoms with van der Waals surface area (Å²) in [5.74, 6) is 1.32. The van der Waals surface area contributed by atoms with Gasteiger partial charge in [0.05, 0.1) is 31.2 Å². The Labute approximate surface area is 224 Å². The molecule has 0 radical (unpaired) electrons. The highest BCUT2D eigenvalue weighted by atomic mass is 35.5. The van der Waals surface area contributed by atoms with E-state index in [0.717, 1.165) is 40.3 Å². The van der Waals surface area contributed by atoms with Gasteiger partial charge in [-0.25, -0.2) is 9.98 Å². The zero-order valence-electron chi connectivity index (χ0n) is 21.2. The molecule has 2 aliphatic rings. The molecule has 0 aromatic heterocycles. The van der Waals surface area contributed by atoms with E-state index in [2.05, 4.69) is 40.0 Å². The highest BCUT2D eigenvalue weighted by Crippen LogP contribution is 2.28. The Morgan fingerprint density at radius 1 is 1.46 bits per heavy atom. The Bertz CT molecular complexity index is 1180. The summed E-state index contributed by atoms with van der Waals surface area (Å²) in [6.45, 7) is 10.8. The van der Waals surface area contributed by atoms with Crippen LogP contribution in [0.3, 0.4) is 0 Å². The molecule has 1 aliphatic heterocycles. The van der Waals surface area contributed by atoms with E-state index in [-0.39, 0.29) is 18.0 Å². The summed E-state index contributed by atoms with van der Waals surface area (Å²) < 4.78 is 5.55. The van der Waals surface area contributed by atoms with E-state index in [0.29, 0.717) is 32.0 Å². The van der Waals surface area contributed by atoms with Crippen LogP contribution in [0.1, 0.15) is 25.3 Å². The monoisotopic (exact) mass is 519 g/mol. The van der Waals surface area contributed by atoms with Crippen molar-refractivity contribution in [1.29, 1.82) is 0 Å². The molecule has 194 valence electrons. The Morgan fingerprint density at radius 3 is 3.03 bits per heavy atom. The number of aliphatic imine (C=N–C) groups is 2. The number of guanidine groups is 1. The minimum Gasteiger partial charge on any atom is -0.493 e. The lowest BCUT2D eigenvalue weighted by Crippen LogP contribution is -2.34. The number of allylic oxidation sites excluding steroid dienone is 4. The smallest absolute Gasteiger partial charge is 0.226 e. The van der Waals surface area contributed by atoms with Gasteiger partial charge in [-0.3, -0.25) is 0 Å². The van der Waals surface area contributed by atoms with Crippen LogP contribution in [0, 0.1) is 12.5 Å². The van der Waals surface area contributed by atoms with E-state index in [1.807, 2.05) is 55.6 Å². The van der Waals surface area contributed by atoms with Crippen molar-refractivity contribution in [3.8, 4) is 18.2 Å². The molecule has 3 rings (SSSR count). The number of alkyl halides is 1. The van der Waals surface area contributed by atoms with Crippen molar-refractivity contribution < 1.29 is 9.84 Å². The fourth-order valence-electron chi connectivity index (χ4n) is 3.93. The van der Waals surface area contributed by atoms with E-state index in [1.165, 1.54) is 0 Å². The molecule has 0 spiro atoms. The Hall–Kier alpha value is -3.73. The van der Waals surface area contributed by atoms with Crippen molar-refractivity contribution in [3.63, 3.8) is 0 Å². The van der Waals surface area contributed by atoms with Gasteiger partial charge in [0, 0.05) is 42.7 Å². The minimum absolute atomic E-state index is 0.0374. The topological polar surface area (TPSA) is 81.5 Å². The summed E-state index contributed by atoms with van der Waals surface area (Å²) in [7, 11) is 0. The van der Waals surface area contributed by atoms with Crippen molar-refractivity contribution >= 4 is 30.0 Å². The number of nitrogens with one attached hydrogen (secondary N) is 2. The normalized spacial score (nSPS) is 17.9. The number of ether oxygens (including phenoxy) is 1. The molecule has 8 heteroatoms. The molecular weight excluding hydrogens is 486 g/mol. The number of nitrogens with zero attached hydrogens (tertiary/aromatic N) is 3. The number of hydrogen-bond donors (Lipinski definition) is 3. The van der Waals surface area contributed by atoms with E-state index in [1.54, 1.807) is 11.1 Å². The summed E-state index contributed by atoms with van der Waals surface area (Å²) in [6, 6.07) is 8.34. The van der Waals surface area contributed by atoms with E-state index < -0.39 is 0 Å². The van der Waals surface area contributed by atoms with Gasteiger partial charge >= 0.3 is 0 Å². The first-order valence-corrected chi connectivity index (χ1v) is 12.5. The first-order chi connectivity index (χ1) is 17.9. The van der Waals surface area contributed by atoms with Crippen molar-refractivity contribution in [2.45, 2.75) is 37.6 Å². The summed E-state index contributed by atoms with van der Waals surface area (Å²) >= 11 is 6.20. The van der Waals surface area contributed by atoms with Crippen LogP contribution in [0.5, 0.6) is 5.75 Å². The van der Waals surface area contributed by atoms with Crippen LogP contribution >= 0.6 is 11.6 Å².